The van der Waals surface area contributed by atoms with Crippen molar-refractivity contribution in [3.05, 3.63) is 40.5 Å². The molecule has 0 fully saturated rings. The molecule has 4 heteroatoms. The average Bonchev–Trinajstić information content (AvgIpc) is 2.45. The molecular formula is C16H22BrN3. The van der Waals surface area contributed by atoms with Crippen molar-refractivity contribution in [2.24, 2.45) is 0 Å². The molecule has 1 heterocycles. The summed E-state index contributed by atoms with van der Waals surface area (Å²) in [6.07, 6.45) is 4.30. The largest absolute Gasteiger partial charge is 0.313 e. The molecule has 0 aliphatic rings. The Kier molecular flexibility index (Phi) is 5.95. The van der Waals surface area contributed by atoms with Crippen molar-refractivity contribution in [3.8, 4) is 0 Å². The van der Waals surface area contributed by atoms with E-state index in [0.717, 1.165) is 29.6 Å². The minimum absolute atomic E-state index is 0.878. The van der Waals surface area contributed by atoms with Gasteiger partial charge in [0.15, 0.2) is 0 Å². The maximum Gasteiger partial charge on any atom is 0.0758 e. The summed E-state index contributed by atoms with van der Waals surface area (Å²) in [5.41, 5.74) is 2.35. The van der Waals surface area contributed by atoms with Crippen LogP contribution < -0.4 is 5.32 Å². The summed E-state index contributed by atoms with van der Waals surface area (Å²) in [6, 6.07) is 8.33. The van der Waals surface area contributed by atoms with Crippen molar-refractivity contribution in [1.82, 2.24) is 15.2 Å². The summed E-state index contributed by atoms with van der Waals surface area (Å²) >= 11 is 3.58. The number of nitrogens with zero attached hydrogens (tertiary/aromatic N) is 2. The van der Waals surface area contributed by atoms with Crippen LogP contribution in [0.15, 0.2) is 34.9 Å². The lowest BCUT2D eigenvalue weighted by atomic mass is 10.1. The molecule has 108 valence electrons. The van der Waals surface area contributed by atoms with E-state index >= 15 is 0 Å². The number of aromatic nitrogens is 1. The zero-order valence-electron chi connectivity index (χ0n) is 12.2. The Labute approximate surface area is 129 Å². The molecule has 0 amide bonds. The van der Waals surface area contributed by atoms with Crippen molar-refractivity contribution in [1.29, 1.82) is 0 Å². The second-order valence-corrected chi connectivity index (χ2v) is 6.15. The molecule has 0 spiro atoms. The number of rotatable bonds is 7. The lowest BCUT2D eigenvalue weighted by Gasteiger charge is -2.10. The molecule has 2 aromatic rings. The molecule has 2 rings (SSSR count). The van der Waals surface area contributed by atoms with Crippen LogP contribution in [-0.4, -0.2) is 37.1 Å². The van der Waals surface area contributed by atoms with Crippen molar-refractivity contribution in [2.45, 2.75) is 19.4 Å². The van der Waals surface area contributed by atoms with Crippen LogP contribution in [0, 0.1) is 0 Å². The predicted octanol–water partition coefficient (Wildman–Crippen LogP) is 3.43. The zero-order chi connectivity index (χ0) is 14.4. The molecule has 0 aliphatic heterocycles. The molecule has 20 heavy (non-hydrogen) atoms. The number of hydrogen-bond donors (Lipinski definition) is 1. The second-order valence-electron chi connectivity index (χ2n) is 5.29. The molecule has 0 saturated heterocycles. The predicted molar refractivity (Wildman–Crippen MR) is 88.9 cm³/mol. The normalized spacial score (nSPS) is 11.4. The van der Waals surface area contributed by atoms with E-state index in [1.165, 1.54) is 23.8 Å². The maximum atomic E-state index is 4.50. The first-order chi connectivity index (χ1) is 9.68. The van der Waals surface area contributed by atoms with E-state index in [1.807, 2.05) is 12.3 Å². The van der Waals surface area contributed by atoms with Gasteiger partial charge < -0.3 is 10.2 Å². The summed E-state index contributed by atoms with van der Waals surface area (Å²) in [5, 5.41) is 4.69. The highest BCUT2D eigenvalue weighted by Gasteiger charge is 2.04. The van der Waals surface area contributed by atoms with Crippen LogP contribution in [-0.2, 0) is 6.54 Å². The van der Waals surface area contributed by atoms with Gasteiger partial charge in [0.05, 0.1) is 5.52 Å². The quantitative estimate of drug-likeness (QED) is 0.785. The SMILES string of the molecule is CN(C)CCCCNCc1ccc(Br)c2cccnc12. The van der Waals surface area contributed by atoms with Crippen LogP contribution in [0.25, 0.3) is 10.9 Å². The van der Waals surface area contributed by atoms with Gasteiger partial charge in [0.25, 0.3) is 0 Å². The number of benzene rings is 1. The number of pyridine rings is 1. The topological polar surface area (TPSA) is 28.2 Å². The number of nitrogens with one attached hydrogen (secondary N) is 1. The van der Waals surface area contributed by atoms with Gasteiger partial charge in [0.2, 0.25) is 0 Å². The molecule has 0 atom stereocenters. The first kappa shape index (κ1) is 15.4. The number of fused-ring (bicyclic) bond motifs is 1. The van der Waals surface area contributed by atoms with Crippen LogP contribution in [0.4, 0.5) is 0 Å². The highest BCUT2D eigenvalue weighted by molar-refractivity contribution is 9.10. The Morgan fingerprint density at radius 2 is 2.05 bits per heavy atom. The molecular weight excluding hydrogens is 314 g/mol. The van der Waals surface area contributed by atoms with E-state index in [4.69, 9.17) is 0 Å². The van der Waals surface area contributed by atoms with Crippen molar-refractivity contribution < 1.29 is 0 Å². The Morgan fingerprint density at radius 1 is 1.20 bits per heavy atom. The monoisotopic (exact) mass is 335 g/mol. The number of hydrogen-bond acceptors (Lipinski definition) is 3. The molecule has 0 bridgehead atoms. The molecule has 3 nitrogen and oxygen atoms in total. The molecule has 0 aliphatic carbocycles. The zero-order valence-corrected chi connectivity index (χ0v) is 13.8. The van der Waals surface area contributed by atoms with Gasteiger partial charge in [-0.05, 0) is 57.7 Å². The molecule has 1 aromatic carbocycles. The standard InChI is InChI=1S/C16H22BrN3/c1-20(2)11-4-3-9-18-12-13-7-8-15(17)14-6-5-10-19-16(13)14/h5-8,10,18H,3-4,9,11-12H2,1-2H3. The highest BCUT2D eigenvalue weighted by Crippen LogP contribution is 2.24. The van der Waals surface area contributed by atoms with Crippen LogP contribution >= 0.6 is 15.9 Å². The number of unbranched alkanes of at least 4 members (excludes halogenated alkanes) is 1. The summed E-state index contributed by atoms with van der Waals surface area (Å²) in [5.74, 6) is 0. The van der Waals surface area contributed by atoms with Crippen molar-refractivity contribution >= 4 is 26.8 Å². The Morgan fingerprint density at radius 3 is 2.85 bits per heavy atom. The van der Waals surface area contributed by atoms with Gasteiger partial charge in [0, 0.05) is 22.6 Å². The minimum Gasteiger partial charge on any atom is -0.313 e. The summed E-state index contributed by atoms with van der Waals surface area (Å²) in [6.45, 7) is 3.09. The van der Waals surface area contributed by atoms with Gasteiger partial charge >= 0.3 is 0 Å². The fourth-order valence-electron chi connectivity index (χ4n) is 2.24. The van der Waals surface area contributed by atoms with E-state index in [-0.39, 0.29) is 0 Å². The van der Waals surface area contributed by atoms with Crippen LogP contribution in [0.2, 0.25) is 0 Å². The molecule has 1 N–H and O–H groups in total. The maximum absolute atomic E-state index is 4.50. The second kappa shape index (κ2) is 7.72. The van der Waals surface area contributed by atoms with E-state index in [9.17, 15) is 0 Å². The third kappa shape index (κ3) is 4.27. The lowest BCUT2D eigenvalue weighted by Crippen LogP contribution is -2.18. The van der Waals surface area contributed by atoms with E-state index in [0.29, 0.717) is 0 Å². The molecule has 0 radical (unpaired) electrons. The summed E-state index contributed by atoms with van der Waals surface area (Å²) < 4.78 is 1.11. The van der Waals surface area contributed by atoms with Crippen LogP contribution in [0.3, 0.4) is 0 Å². The molecule has 0 saturated carbocycles. The van der Waals surface area contributed by atoms with Crippen LogP contribution in [0.1, 0.15) is 18.4 Å². The van der Waals surface area contributed by atoms with E-state index < -0.39 is 0 Å². The number of halogens is 1. The van der Waals surface area contributed by atoms with Gasteiger partial charge in [-0.2, -0.15) is 0 Å². The van der Waals surface area contributed by atoms with Crippen LogP contribution in [0.5, 0.6) is 0 Å². The highest BCUT2D eigenvalue weighted by atomic mass is 79.9. The Balaban J connectivity index is 1.89. The molecule has 1 aromatic heterocycles. The fourth-order valence-corrected chi connectivity index (χ4v) is 2.69. The van der Waals surface area contributed by atoms with Gasteiger partial charge in [0.1, 0.15) is 0 Å². The first-order valence-corrected chi connectivity index (χ1v) is 7.85. The smallest absolute Gasteiger partial charge is 0.0758 e. The minimum atomic E-state index is 0.878. The van der Waals surface area contributed by atoms with Crippen molar-refractivity contribution in [2.75, 3.05) is 27.2 Å². The third-order valence-electron chi connectivity index (χ3n) is 3.32. The Hall–Kier alpha value is -0.970. The first-order valence-electron chi connectivity index (χ1n) is 7.06. The fraction of sp³-hybridized carbons (Fsp3) is 0.438. The van der Waals surface area contributed by atoms with Gasteiger partial charge in [-0.15, -0.1) is 0 Å². The van der Waals surface area contributed by atoms with Crippen molar-refractivity contribution in [3.63, 3.8) is 0 Å². The summed E-state index contributed by atoms with van der Waals surface area (Å²) in [7, 11) is 4.24. The van der Waals surface area contributed by atoms with Gasteiger partial charge in [-0.25, -0.2) is 0 Å². The van der Waals surface area contributed by atoms with Gasteiger partial charge in [-0.3, -0.25) is 4.98 Å². The van der Waals surface area contributed by atoms with Gasteiger partial charge in [-0.1, -0.05) is 28.1 Å². The third-order valence-corrected chi connectivity index (χ3v) is 4.02. The average molecular weight is 336 g/mol. The van der Waals surface area contributed by atoms with E-state index in [2.05, 4.69) is 63.4 Å². The molecule has 0 unspecified atom stereocenters. The van der Waals surface area contributed by atoms with E-state index in [1.54, 1.807) is 0 Å². The Bertz CT molecular complexity index is 554. The lowest BCUT2D eigenvalue weighted by molar-refractivity contribution is 0.391. The summed E-state index contributed by atoms with van der Waals surface area (Å²) in [4.78, 5) is 6.73.